The van der Waals surface area contributed by atoms with Crippen molar-refractivity contribution in [1.29, 1.82) is 0 Å². The second kappa shape index (κ2) is 9.41. The Hall–Kier alpha value is -2.54. The zero-order chi connectivity index (χ0) is 16.4. The van der Waals surface area contributed by atoms with E-state index in [0.29, 0.717) is 24.8 Å². The van der Waals surface area contributed by atoms with Gasteiger partial charge in [0, 0.05) is 18.2 Å². The third kappa shape index (κ3) is 6.27. The van der Waals surface area contributed by atoms with Gasteiger partial charge in [-0.3, -0.25) is 14.9 Å². The van der Waals surface area contributed by atoms with Gasteiger partial charge in [0.25, 0.3) is 5.69 Å². The minimum absolute atomic E-state index is 0.0462. The number of carbonyl (C=O) groups is 2. The van der Waals surface area contributed by atoms with Crippen molar-refractivity contribution in [2.24, 2.45) is 5.73 Å². The summed E-state index contributed by atoms with van der Waals surface area (Å²) in [6.07, 6.45) is 5.49. The average Bonchev–Trinajstić information content (AvgIpc) is 2.52. The van der Waals surface area contributed by atoms with Crippen molar-refractivity contribution in [2.75, 3.05) is 6.54 Å². The summed E-state index contributed by atoms with van der Waals surface area (Å²) < 4.78 is 0. The van der Waals surface area contributed by atoms with Gasteiger partial charge in [0.05, 0.1) is 11.0 Å². The quantitative estimate of drug-likeness (QED) is 0.235. The third-order valence-electron chi connectivity index (χ3n) is 2.97. The molecule has 0 saturated heterocycles. The Morgan fingerprint density at radius 1 is 1.41 bits per heavy atom. The number of rotatable bonds is 9. The van der Waals surface area contributed by atoms with Crippen LogP contribution in [0.1, 0.15) is 24.8 Å². The molecule has 0 aromatic heterocycles. The molecule has 0 fully saturated rings. The molecule has 22 heavy (non-hydrogen) atoms. The normalized spacial score (nSPS) is 12.0. The lowest BCUT2D eigenvalue weighted by atomic mass is 10.1. The Balaban J connectivity index is 2.57. The number of nitrogens with two attached hydrogens (primary N) is 1. The third-order valence-corrected chi connectivity index (χ3v) is 2.97. The molecule has 0 aliphatic rings. The van der Waals surface area contributed by atoms with E-state index in [1.165, 1.54) is 30.4 Å². The van der Waals surface area contributed by atoms with Crippen LogP contribution in [0.4, 0.5) is 5.69 Å². The van der Waals surface area contributed by atoms with Crippen LogP contribution in [-0.2, 0) is 9.59 Å². The first-order chi connectivity index (χ1) is 10.6. The van der Waals surface area contributed by atoms with E-state index in [4.69, 9.17) is 5.73 Å². The molecule has 0 aliphatic heterocycles. The number of carbonyl (C=O) groups excluding carboxylic acids is 2. The topological polar surface area (TPSA) is 115 Å². The first kappa shape index (κ1) is 17.5. The monoisotopic (exact) mass is 305 g/mol. The van der Waals surface area contributed by atoms with Crippen molar-refractivity contribution in [2.45, 2.75) is 25.3 Å². The summed E-state index contributed by atoms with van der Waals surface area (Å²) in [4.78, 5) is 32.8. The highest BCUT2D eigenvalue weighted by Gasteiger charge is 2.09. The molecule has 118 valence electrons. The molecule has 1 aromatic rings. The number of nitro groups is 1. The van der Waals surface area contributed by atoms with E-state index in [1.54, 1.807) is 6.07 Å². The first-order valence-corrected chi connectivity index (χ1v) is 6.95. The van der Waals surface area contributed by atoms with E-state index in [0.717, 1.165) is 12.8 Å². The van der Waals surface area contributed by atoms with Crippen molar-refractivity contribution < 1.29 is 14.5 Å². The number of aldehydes is 1. The lowest BCUT2D eigenvalue weighted by molar-refractivity contribution is -0.384. The molecule has 0 saturated carbocycles. The van der Waals surface area contributed by atoms with Crippen molar-refractivity contribution >= 4 is 24.0 Å². The fourth-order valence-corrected chi connectivity index (χ4v) is 1.83. The van der Waals surface area contributed by atoms with Crippen LogP contribution in [-0.4, -0.2) is 29.7 Å². The van der Waals surface area contributed by atoms with Crippen molar-refractivity contribution in [3.63, 3.8) is 0 Å². The van der Waals surface area contributed by atoms with E-state index in [2.05, 4.69) is 5.32 Å². The molecule has 0 bridgehead atoms. The maximum Gasteiger partial charge on any atom is 0.270 e. The number of unbranched alkanes of at least 4 members (excludes halogenated alkanes) is 1. The molecule has 0 radical (unpaired) electrons. The van der Waals surface area contributed by atoms with Gasteiger partial charge in [0.1, 0.15) is 6.29 Å². The Morgan fingerprint density at radius 2 is 2.18 bits per heavy atom. The summed E-state index contributed by atoms with van der Waals surface area (Å²) in [6.45, 7) is 0.548. The van der Waals surface area contributed by atoms with Gasteiger partial charge in [0.2, 0.25) is 5.91 Å². The SMILES string of the molecule is NCCCC[C@@H](C=O)NC(=O)/C=C/c1cccc([N+](=O)[O-])c1. The smallest absolute Gasteiger partial charge is 0.270 e. The van der Waals surface area contributed by atoms with Gasteiger partial charge >= 0.3 is 0 Å². The molecule has 7 heteroatoms. The number of nitro benzene ring substituents is 1. The van der Waals surface area contributed by atoms with E-state index in [9.17, 15) is 19.7 Å². The van der Waals surface area contributed by atoms with Gasteiger partial charge in [-0.2, -0.15) is 0 Å². The van der Waals surface area contributed by atoms with Gasteiger partial charge in [-0.05, 0) is 37.4 Å². The largest absolute Gasteiger partial charge is 0.343 e. The van der Waals surface area contributed by atoms with Crippen molar-refractivity contribution in [3.05, 3.63) is 46.0 Å². The van der Waals surface area contributed by atoms with Crippen molar-refractivity contribution in [1.82, 2.24) is 5.32 Å². The number of benzene rings is 1. The molecule has 0 spiro atoms. The standard InChI is InChI=1S/C15H19N3O4/c16-9-2-1-5-13(11-19)17-15(20)8-7-12-4-3-6-14(10-12)18(21)22/h3-4,6-8,10-11,13H,1-2,5,9,16H2,(H,17,20)/b8-7+/t13-/m0/s1. The minimum Gasteiger partial charge on any atom is -0.343 e. The highest BCUT2D eigenvalue weighted by atomic mass is 16.6. The second-order valence-corrected chi connectivity index (χ2v) is 4.72. The number of amides is 1. The Morgan fingerprint density at radius 3 is 2.82 bits per heavy atom. The van der Waals surface area contributed by atoms with E-state index in [-0.39, 0.29) is 5.69 Å². The summed E-state index contributed by atoms with van der Waals surface area (Å²) in [7, 11) is 0. The van der Waals surface area contributed by atoms with Gasteiger partial charge in [-0.1, -0.05) is 12.1 Å². The minimum atomic E-state index is -0.547. The second-order valence-electron chi connectivity index (χ2n) is 4.72. The number of hydrogen-bond acceptors (Lipinski definition) is 5. The van der Waals surface area contributed by atoms with Crippen LogP contribution < -0.4 is 11.1 Å². The highest BCUT2D eigenvalue weighted by molar-refractivity contribution is 5.93. The van der Waals surface area contributed by atoms with Gasteiger partial charge in [-0.15, -0.1) is 0 Å². The zero-order valence-electron chi connectivity index (χ0n) is 12.1. The van der Waals surface area contributed by atoms with Crippen LogP contribution >= 0.6 is 0 Å². The molecule has 1 rings (SSSR count). The van der Waals surface area contributed by atoms with Crippen LogP contribution in [0, 0.1) is 10.1 Å². The van der Waals surface area contributed by atoms with Crippen LogP contribution in [0.3, 0.4) is 0 Å². The summed E-state index contributed by atoms with van der Waals surface area (Å²) in [5.41, 5.74) is 5.86. The van der Waals surface area contributed by atoms with Crippen LogP contribution in [0.15, 0.2) is 30.3 Å². The Labute approximate surface area is 128 Å². The van der Waals surface area contributed by atoms with Crippen LogP contribution in [0.5, 0.6) is 0 Å². The number of nitrogens with zero attached hydrogens (tertiary/aromatic N) is 1. The van der Waals surface area contributed by atoms with Gasteiger partial charge < -0.3 is 15.8 Å². The molecular weight excluding hydrogens is 286 g/mol. The molecule has 1 aromatic carbocycles. The van der Waals surface area contributed by atoms with Gasteiger partial charge in [0.15, 0.2) is 0 Å². The predicted molar refractivity (Wildman–Crippen MR) is 83.0 cm³/mol. The zero-order valence-corrected chi connectivity index (χ0v) is 12.1. The predicted octanol–water partition coefficient (Wildman–Crippen LogP) is 1.42. The molecule has 1 atom stereocenters. The van der Waals surface area contributed by atoms with Gasteiger partial charge in [-0.25, -0.2) is 0 Å². The number of non-ortho nitro benzene ring substituents is 1. The summed E-state index contributed by atoms with van der Waals surface area (Å²) >= 11 is 0. The van der Waals surface area contributed by atoms with E-state index in [1.807, 2.05) is 0 Å². The number of nitrogens with one attached hydrogen (secondary N) is 1. The van der Waals surface area contributed by atoms with E-state index < -0.39 is 16.9 Å². The lowest BCUT2D eigenvalue weighted by Gasteiger charge is -2.10. The Bertz CT molecular complexity index is 557. The molecule has 0 aliphatic carbocycles. The molecular formula is C15H19N3O4. The molecule has 1 amide bonds. The lowest BCUT2D eigenvalue weighted by Crippen LogP contribution is -2.34. The fourth-order valence-electron chi connectivity index (χ4n) is 1.83. The Kier molecular flexibility index (Phi) is 7.49. The molecule has 3 N–H and O–H groups in total. The van der Waals surface area contributed by atoms with Crippen LogP contribution in [0.25, 0.3) is 6.08 Å². The molecule has 0 unspecified atom stereocenters. The van der Waals surface area contributed by atoms with E-state index >= 15 is 0 Å². The summed E-state index contributed by atoms with van der Waals surface area (Å²) in [5, 5.41) is 13.2. The summed E-state index contributed by atoms with van der Waals surface area (Å²) in [6, 6.07) is 5.37. The maximum atomic E-state index is 11.7. The molecule has 7 nitrogen and oxygen atoms in total. The number of hydrogen-bond donors (Lipinski definition) is 2. The van der Waals surface area contributed by atoms with Crippen molar-refractivity contribution in [3.8, 4) is 0 Å². The summed E-state index contributed by atoms with van der Waals surface area (Å²) in [5.74, 6) is -0.420. The highest BCUT2D eigenvalue weighted by Crippen LogP contribution is 2.14. The fraction of sp³-hybridized carbons (Fsp3) is 0.333. The maximum absolute atomic E-state index is 11.7. The first-order valence-electron chi connectivity index (χ1n) is 6.95. The average molecular weight is 305 g/mol. The van der Waals surface area contributed by atoms with Crippen LogP contribution in [0.2, 0.25) is 0 Å². The molecule has 0 heterocycles.